The molecule has 0 saturated heterocycles. The molecule has 0 heterocycles. The third kappa shape index (κ3) is 5.51. The standard InChI is InChI=1S/C36H34P/c1-29(2)28-32-22-20-30(21-23-32)18-19-31-24-26-36(27-25-31)37(33-12-6-3-7-13-33,34-14-8-4-9-15-34)35-16-10-5-11-17-35/h3-27,29H,28H2,1-2H3/q+1. The molecule has 0 atom stereocenters. The molecule has 0 unspecified atom stereocenters. The second kappa shape index (κ2) is 11.5. The Bertz CT molecular complexity index is 1320. The predicted octanol–water partition coefficient (Wildman–Crippen LogP) is 7.67. The van der Waals surface area contributed by atoms with Crippen LogP contribution in [0.15, 0.2) is 140 Å². The van der Waals surface area contributed by atoms with Crippen LogP contribution in [0.5, 0.6) is 0 Å². The van der Waals surface area contributed by atoms with Gasteiger partial charge in [0.1, 0.15) is 28.5 Å². The van der Waals surface area contributed by atoms with Crippen molar-refractivity contribution in [2.45, 2.75) is 20.3 Å². The lowest BCUT2D eigenvalue weighted by molar-refractivity contribution is 0.647. The summed E-state index contributed by atoms with van der Waals surface area (Å²) in [6.45, 7) is 4.53. The summed E-state index contributed by atoms with van der Waals surface area (Å²) in [5.41, 5.74) is 3.85. The van der Waals surface area contributed by atoms with Crippen LogP contribution in [0, 0.1) is 5.92 Å². The van der Waals surface area contributed by atoms with Crippen LogP contribution in [-0.4, -0.2) is 0 Å². The normalized spacial score (nSPS) is 11.8. The summed E-state index contributed by atoms with van der Waals surface area (Å²) < 4.78 is 0. The summed E-state index contributed by atoms with van der Waals surface area (Å²) in [7, 11) is -2.04. The van der Waals surface area contributed by atoms with E-state index in [9.17, 15) is 0 Å². The molecule has 1 heteroatoms. The Balaban J connectivity index is 1.55. The van der Waals surface area contributed by atoms with Crippen molar-refractivity contribution in [3.8, 4) is 0 Å². The zero-order valence-electron chi connectivity index (χ0n) is 21.7. The largest absolute Gasteiger partial charge is 0.144 e. The zero-order chi connectivity index (χ0) is 25.5. The maximum Gasteiger partial charge on any atom is 0.144 e. The van der Waals surface area contributed by atoms with Crippen molar-refractivity contribution in [3.05, 3.63) is 156 Å². The lowest BCUT2D eigenvalue weighted by atomic mass is 10.0. The van der Waals surface area contributed by atoms with E-state index in [-0.39, 0.29) is 0 Å². The van der Waals surface area contributed by atoms with Gasteiger partial charge in [0.25, 0.3) is 0 Å². The van der Waals surface area contributed by atoms with Crippen molar-refractivity contribution < 1.29 is 0 Å². The Morgan fingerprint density at radius 1 is 0.459 bits per heavy atom. The van der Waals surface area contributed by atoms with Gasteiger partial charge in [0.05, 0.1) is 0 Å². The fourth-order valence-corrected chi connectivity index (χ4v) is 9.33. The minimum atomic E-state index is -2.04. The van der Waals surface area contributed by atoms with Gasteiger partial charge >= 0.3 is 0 Å². The molecule has 0 aromatic heterocycles. The van der Waals surface area contributed by atoms with E-state index in [2.05, 4.69) is 166 Å². The quantitative estimate of drug-likeness (QED) is 0.152. The van der Waals surface area contributed by atoms with Crippen LogP contribution in [0.25, 0.3) is 12.2 Å². The average molecular weight is 498 g/mol. The average Bonchev–Trinajstić information content (AvgIpc) is 2.95. The molecule has 5 rings (SSSR count). The number of benzene rings is 5. The molecule has 0 aliphatic heterocycles. The maximum absolute atomic E-state index is 2.34. The highest BCUT2D eigenvalue weighted by molar-refractivity contribution is 8.01. The molecule has 5 aromatic carbocycles. The SMILES string of the molecule is CC(C)Cc1ccc(C=Cc2ccc([P+](c3ccccc3)(c3ccccc3)c3ccccc3)cc2)cc1. The predicted molar refractivity (Wildman–Crippen MR) is 165 cm³/mol. The summed E-state index contributed by atoms with van der Waals surface area (Å²) in [5.74, 6) is 0.678. The van der Waals surface area contributed by atoms with Gasteiger partial charge in [0.2, 0.25) is 0 Å². The highest BCUT2D eigenvalue weighted by Gasteiger charge is 2.47. The molecule has 0 radical (unpaired) electrons. The number of hydrogen-bond acceptors (Lipinski definition) is 0. The monoisotopic (exact) mass is 497 g/mol. The molecule has 0 fully saturated rings. The summed E-state index contributed by atoms with van der Waals surface area (Å²) in [6, 6.07) is 51.3. The van der Waals surface area contributed by atoms with Gasteiger partial charge in [-0.15, -0.1) is 0 Å². The van der Waals surface area contributed by atoms with Crippen LogP contribution in [-0.2, 0) is 6.42 Å². The first-order chi connectivity index (χ1) is 18.2. The van der Waals surface area contributed by atoms with Gasteiger partial charge in [0.15, 0.2) is 0 Å². The maximum atomic E-state index is 2.34. The molecule has 0 nitrogen and oxygen atoms in total. The molecule has 0 aliphatic rings. The van der Waals surface area contributed by atoms with Gasteiger partial charge < -0.3 is 0 Å². The first kappa shape index (κ1) is 24.9. The lowest BCUT2D eigenvalue weighted by Gasteiger charge is -2.27. The van der Waals surface area contributed by atoms with Crippen molar-refractivity contribution in [2.24, 2.45) is 5.92 Å². The van der Waals surface area contributed by atoms with Crippen LogP contribution in [0.2, 0.25) is 0 Å². The van der Waals surface area contributed by atoms with Crippen molar-refractivity contribution in [3.63, 3.8) is 0 Å². The van der Waals surface area contributed by atoms with Crippen molar-refractivity contribution in [1.82, 2.24) is 0 Å². The summed E-state index contributed by atoms with van der Waals surface area (Å²) in [4.78, 5) is 0. The van der Waals surface area contributed by atoms with E-state index in [0.717, 1.165) is 6.42 Å². The highest BCUT2D eigenvalue weighted by Crippen LogP contribution is 2.54. The van der Waals surface area contributed by atoms with Crippen LogP contribution in [0.3, 0.4) is 0 Å². The van der Waals surface area contributed by atoms with E-state index in [1.807, 2.05) is 0 Å². The molecule has 0 saturated carbocycles. The fourth-order valence-electron chi connectivity index (χ4n) is 5.09. The Morgan fingerprint density at radius 3 is 1.19 bits per heavy atom. The van der Waals surface area contributed by atoms with E-state index in [0.29, 0.717) is 5.92 Å². The molecule has 0 N–H and O–H groups in total. The molecule has 0 aliphatic carbocycles. The van der Waals surface area contributed by atoms with Crippen molar-refractivity contribution >= 4 is 40.6 Å². The minimum Gasteiger partial charge on any atom is -0.0625 e. The Kier molecular flexibility index (Phi) is 7.79. The first-order valence-corrected chi connectivity index (χ1v) is 14.9. The molecular weight excluding hydrogens is 463 g/mol. The van der Waals surface area contributed by atoms with Crippen LogP contribution >= 0.6 is 7.26 Å². The van der Waals surface area contributed by atoms with E-state index in [1.165, 1.54) is 37.9 Å². The molecule has 0 amide bonds. The Labute approximate surface area is 222 Å². The Morgan fingerprint density at radius 2 is 0.811 bits per heavy atom. The zero-order valence-corrected chi connectivity index (χ0v) is 22.6. The van der Waals surface area contributed by atoms with Gasteiger partial charge in [-0.3, -0.25) is 0 Å². The molecule has 182 valence electrons. The number of rotatable bonds is 8. The van der Waals surface area contributed by atoms with Crippen LogP contribution < -0.4 is 21.2 Å². The van der Waals surface area contributed by atoms with E-state index < -0.39 is 7.26 Å². The van der Waals surface area contributed by atoms with E-state index in [1.54, 1.807) is 0 Å². The van der Waals surface area contributed by atoms with Crippen LogP contribution in [0.1, 0.15) is 30.5 Å². The molecular formula is C36H34P+. The number of hydrogen-bond donors (Lipinski definition) is 0. The molecule has 5 aromatic rings. The van der Waals surface area contributed by atoms with Crippen LogP contribution in [0.4, 0.5) is 0 Å². The fraction of sp³-hybridized carbons (Fsp3) is 0.111. The first-order valence-electron chi connectivity index (χ1n) is 13.1. The van der Waals surface area contributed by atoms with Crippen molar-refractivity contribution in [1.29, 1.82) is 0 Å². The summed E-state index contributed by atoms with van der Waals surface area (Å²) in [5, 5.41) is 5.48. The van der Waals surface area contributed by atoms with Gasteiger partial charge in [-0.05, 0) is 77.6 Å². The van der Waals surface area contributed by atoms with Gasteiger partial charge in [0, 0.05) is 0 Å². The molecule has 0 bridgehead atoms. The van der Waals surface area contributed by atoms with Crippen molar-refractivity contribution in [2.75, 3.05) is 0 Å². The second-order valence-corrected chi connectivity index (χ2v) is 13.3. The third-order valence-corrected chi connectivity index (χ3v) is 11.1. The topological polar surface area (TPSA) is 0 Å². The highest BCUT2D eigenvalue weighted by atomic mass is 31.2. The lowest BCUT2D eigenvalue weighted by Crippen LogP contribution is -2.38. The summed E-state index contributed by atoms with van der Waals surface area (Å²) >= 11 is 0. The molecule has 37 heavy (non-hydrogen) atoms. The smallest absolute Gasteiger partial charge is 0.0625 e. The molecule has 0 spiro atoms. The van der Waals surface area contributed by atoms with Gasteiger partial charge in [-0.1, -0.05) is 117 Å². The van der Waals surface area contributed by atoms with Gasteiger partial charge in [-0.25, -0.2) is 0 Å². The Hall–Kier alpha value is -3.73. The van der Waals surface area contributed by atoms with E-state index in [4.69, 9.17) is 0 Å². The second-order valence-electron chi connectivity index (χ2n) is 9.94. The third-order valence-electron chi connectivity index (χ3n) is 6.80. The summed E-state index contributed by atoms with van der Waals surface area (Å²) in [6.07, 6.45) is 5.55. The minimum absolute atomic E-state index is 0.678. The van der Waals surface area contributed by atoms with E-state index >= 15 is 0 Å². The van der Waals surface area contributed by atoms with Gasteiger partial charge in [-0.2, -0.15) is 0 Å².